The summed E-state index contributed by atoms with van der Waals surface area (Å²) in [5.41, 5.74) is 2.01. The van der Waals surface area contributed by atoms with Crippen LogP contribution in [0.1, 0.15) is 10.5 Å². The first-order valence-electron chi connectivity index (χ1n) is 5.90. The Morgan fingerprint density at radius 2 is 2.15 bits per heavy atom. The second-order valence-electron chi connectivity index (χ2n) is 4.05. The van der Waals surface area contributed by atoms with Gasteiger partial charge in [0.15, 0.2) is 5.13 Å². The van der Waals surface area contributed by atoms with Crippen LogP contribution in [-0.2, 0) is 7.05 Å². The first kappa shape index (κ1) is 12.5. The van der Waals surface area contributed by atoms with Crippen LogP contribution in [0.5, 0.6) is 0 Å². The molecule has 0 saturated heterocycles. The number of amides is 1. The summed E-state index contributed by atoms with van der Waals surface area (Å²) in [7, 11) is 1.72. The van der Waals surface area contributed by atoms with Gasteiger partial charge in [-0.05, 0) is 18.2 Å². The molecule has 3 rings (SSSR count). The van der Waals surface area contributed by atoms with Crippen LogP contribution in [0.4, 0.5) is 5.13 Å². The highest BCUT2D eigenvalue weighted by atomic mass is 32.1. The molecule has 3 aromatic rings. The van der Waals surface area contributed by atoms with E-state index < -0.39 is 0 Å². The number of thiazole rings is 1. The zero-order valence-corrected chi connectivity index (χ0v) is 11.5. The maximum Gasteiger partial charge on any atom is 0.275 e. The van der Waals surface area contributed by atoms with E-state index in [2.05, 4.69) is 20.4 Å². The molecule has 20 heavy (non-hydrogen) atoms. The Morgan fingerprint density at radius 3 is 2.85 bits per heavy atom. The molecule has 0 radical (unpaired) electrons. The van der Waals surface area contributed by atoms with Gasteiger partial charge in [0.25, 0.3) is 5.91 Å². The van der Waals surface area contributed by atoms with E-state index >= 15 is 0 Å². The monoisotopic (exact) mass is 285 g/mol. The molecular weight excluding hydrogens is 274 g/mol. The maximum atomic E-state index is 12.0. The minimum absolute atomic E-state index is 0.230. The van der Waals surface area contributed by atoms with Crippen molar-refractivity contribution in [3.8, 4) is 11.4 Å². The van der Waals surface area contributed by atoms with Crippen LogP contribution in [0.3, 0.4) is 0 Å². The van der Waals surface area contributed by atoms with Gasteiger partial charge in [-0.3, -0.25) is 19.8 Å². The number of nitrogens with zero attached hydrogens (tertiary/aromatic N) is 4. The Kier molecular flexibility index (Phi) is 3.26. The molecule has 0 fully saturated rings. The summed E-state index contributed by atoms with van der Waals surface area (Å²) >= 11 is 1.36. The third-order valence-electron chi connectivity index (χ3n) is 2.71. The molecule has 1 N–H and O–H groups in total. The second-order valence-corrected chi connectivity index (χ2v) is 4.91. The number of aryl methyl sites for hydroxylation is 1. The summed E-state index contributed by atoms with van der Waals surface area (Å²) in [6.07, 6.45) is 3.29. The molecule has 0 saturated carbocycles. The van der Waals surface area contributed by atoms with E-state index in [1.165, 1.54) is 16.0 Å². The van der Waals surface area contributed by atoms with Gasteiger partial charge < -0.3 is 0 Å². The molecule has 0 aliphatic heterocycles. The first-order valence-corrected chi connectivity index (χ1v) is 6.78. The lowest BCUT2D eigenvalue weighted by Gasteiger charge is -2.01. The number of nitrogens with one attached hydrogen (secondary N) is 1. The van der Waals surface area contributed by atoms with Crippen LogP contribution < -0.4 is 5.32 Å². The number of rotatable bonds is 3. The van der Waals surface area contributed by atoms with Gasteiger partial charge >= 0.3 is 0 Å². The highest BCUT2D eigenvalue weighted by molar-refractivity contribution is 7.14. The zero-order valence-electron chi connectivity index (χ0n) is 10.6. The van der Waals surface area contributed by atoms with Gasteiger partial charge in [-0.1, -0.05) is 6.07 Å². The van der Waals surface area contributed by atoms with Crippen LogP contribution in [0.2, 0.25) is 0 Å². The van der Waals surface area contributed by atoms with E-state index in [0.717, 1.165) is 11.4 Å². The third-order valence-corrected chi connectivity index (χ3v) is 3.46. The fraction of sp³-hybridized carbons (Fsp3) is 0.0769. The number of carbonyl (C=O) groups excluding carboxylic acids is 1. The van der Waals surface area contributed by atoms with Crippen LogP contribution in [0.25, 0.3) is 11.4 Å². The topological polar surface area (TPSA) is 72.7 Å². The standard InChI is InChI=1S/C13H11N5OS/c1-18-11(5-7-15-18)12(19)17-13-16-10(8-20-13)9-4-2-3-6-14-9/h2-8H,1H3,(H,16,17,19). The maximum absolute atomic E-state index is 12.0. The minimum atomic E-state index is -0.230. The molecule has 7 heteroatoms. The molecule has 3 aromatic heterocycles. The van der Waals surface area contributed by atoms with Gasteiger partial charge in [-0.2, -0.15) is 5.10 Å². The summed E-state index contributed by atoms with van der Waals surface area (Å²) in [5.74, 6) is -0.230. The predicted octanol–water partition coefficient (Wildman–Crippen LogP) is 2.19. The quantitative estimate of drug-likeness (QED) is 0.800. The lowest BCUT2D eigenvalue weighted by Crippen LogP contribution is -2.15. The Hall–Kier alpha value is -2.54. The number of pyridine rings is 1. The van der Waals surface area contributed by atoms with E-state index in [1.54, 1.807) is 25.5 Å². The van der Waals surface area contributed by atoms with E-state index in [0.29, 0.717) is 10.8 Å². The largest absolute Gasteiger partial charge is 0.296 e. The highest BCUT2D eigenvalue weighted by Crippen LogP contribution is 2.23. The Bertz CT molecular complexity index is 734. The van der Waals surface area contributed by atoms with Gasteiger partial charge in [-0.25, -0.2) is 4.98 Å². The molecule has 0 bridgehead atoms. The molecule has 0 aliphatic rings. The van der Waals surface area contributed by atoms with E-state index in [9.17, 15) is 4.79 Å². The molecule has 6 nitrogen and oxygen atoms in total. The predicted molar refractivity (Wildman–Crippen MR) is 76.5 cm³/mol. The fourth-order valence-corrected chi connectivity index (χ4v) is 2.42. The molecule has 0 aliphatic carbocycles. The van der Waals surface area contributed by atoms with Gasteiger partial charge in [0, 0.05) is 24.8 Å². The number of carbonyl (C=O) groups is 1. The third kappa shape index (κ3) is 2.43. The summed E-state index contributed by atoms with van der Waals surface area (Å²) in [5, 5.41) is 9.12. The smallest absolute Gasteiger partial charge is 0.275 e. The second kappa shape index (κ2) is 5.22. The number of hydrogen-bond donors (Lipinski definition) is 1. The average Bonchev–Trinajstić information content (AvgIpc) is 3.09. The Morgan fingerprint density at radius 1 is 1.25 bits per heavy atom. The van der Waals surface area contributed by atoms with Crippen molar-refractivity contribution >= 4 is 22.4 Å². The van der Waals surface area contributed by atoms with E-state index in [1.807, 2.05) is 23.6 Å². The Labute approximate surface area is 119 Å². The van der Waals surface area contributed by atoms with Crippen molar-refractivity contribution in [3.05, 3.63) is 47.7 Å². The molecule has 0 unspecified atom stereocenters. The van der Waals surface area contributed by atoms with Crippen molar-refractivity contribution in [2.24, 2.45) is 7.05 Å². The number of anilines is 1. The summed E-state index contributed by atoms with van der Waals surface area (Å²) in [6.45, 7) is 0. The molecule has 3 heterocycles. The van der Waals surface area contributed by atoms with Crippen molar-refractivity contribution in [3.63, 3.8) is 0 Å². The van der Waals surface area contributed by atoms with Crippen molar-refractivity contribution in [1.82, 2.24) is 19.7 Å². The number of hydrogen-bond acceptors (Lipinski definition) is 5. The molecule has 100 valence electrons. The van der Waals surface area contributed by atoms with Gasteiger partial charge in [-0.15, -0.1) is 11.3 Å². The van der Waals surface area contributed by atoms with Crippen molar-refractivity contribution in [1.29, 1.82) is 0 Å². The normalized spacial score (nSPS) is 10.4. The van der Waals surface area contributed by atoms with Crippen LogP contribution in [0, 0.1) is 0 Å². The fourth-order valence-electron chi connectivity index (χ4n) is 1.72. The lowest BCUT2D eigenvalue weighted by atomic mass is 10.3. The van der Waals surface area contributed by atoms with Gasteiger partial charge in [0.2, 0.25) is 0 Å². The van der Waals surface area contributed by atoms with Crippen molar-refractivity contribution < 1.29 is 4.79 Å². The SMILES string of the molecule is Cn1nccc1C(=O)Nc1nc(-c2ccccn2)cs1. The zero-order chi connectivity index (χ0) is 13.9. The molecule has 0 aromatic carbocycles. The van der Waals surface area contributed by atoms with Crippen molar-refractivity contribution in [2.75, 3.05) is 5.32 Å². The van der Waals surface area contributed by atoms with Crippen molar-refractivity contribution in [2.45, 2.75) is 0 Å². The highest BCUT2D eigenvalue weighted by Gasteiger charge is 2.12. The average molecular weight is 285 g/mol. The summed E-state index contributed by atoms with van der Waals surface area (Å²) in [6, 6.07) is 7.28. The molecular formula is C13H11N5OS. The molecule has 0 atom stereocenters. The Balaban J connectivity index is 1.78. The van der Waals surface area contributed by atoms with E-state index in [4.69, 9.17) is 0 Å². The first-order chi connectivity index (χ1) is 9.74. The lowest BCUT2D eigenvalue weighted by molar-refractivity contribution is 0.101. The number of aromatic nitrogens is 4. The van der Waals surface area contributed by atoms with Gasteiger partial charge in [0.1, 0.15) is 11.4 Å². The van der Waals surface area contributed by atoms with E-state index in [-0.39, 0.29) is 5.91 Å². The van der Waals surface area contributed by atoms with Gasteiger partial charge in [0.05, 0.1) is 5.69 Å². The summed E-state index contributed by atoms with van der Waals surface area (Å²) < 4.78 is 1.52. The van der Waals surface area contributed by atoms with Crippen LogP contribution in [-0.4, -0.2) is 25.7 Å². The molecule has 0 spiro atoms. The minimum Gasteiger partial charge on any atom is -0.296 e. The van der Waals surface area contributed by atoms with Crippen LogP contribution in [0.15, 0.2) is 42.0 Å². The van der Waals surface area contributed by atoms with Crippen LogP contribution >= 0.6 is 11.3 Å². The molecule has 1 amide bonds. The summed E-state index contributed by atoms with van der Waals surface area (Å²) in [4.78, 5) is 20.6.